The molecule has 0 radical (unpaired) electrons. The van der Waals surface area contributed by atoms with Gasteiger partial charge in [-0.05, 0) is 113 Å². The highest BCUT2D eigenvalue weighted by atomic mass is 19.1. The lowest BCUT2D eigenvalue weighted by Crippen LogP contribution is -2.60. The molecule has 18 heteroatoms. The van der Waals surface area contributed by atoms with Gasteiger partial charge in [0.2, 0.25) is 11.8 Å². The molecule has 81 heavy (non-hydrogen) atoms. The van der Waals surface area contributed by atoms with Gasteiger partial charge in [0, 0.05) is 71.8 Å². The molecule has 7 rings (SSSR count). The molecule has 2 aliphatic heterocycles. The van der Waals surface area contributed by atoms with Crippen LogP contribution in [-0.2, 0) is 50.9 Å². The SMILES string of the molecule is CC(=O)NC(Cc1cc(F)cc(F)c1)C(O)CNC1(c2cccc(C(C)(C)C)c2)CCCN(C(=O)NCc2ccccc2)C1.CC(=O)NC(Cc1cc(F)cc(F)c1)C(O)CNC1(c2cccc(C(C)(C)C)c2)CCCN(C(N)=O)C1. The van der Waals surface area contributed by atoms with E-state index in [4.69, 9.17) is 5.73 Å². The highest BCUT2D eigenvalue weighted by molar-refractivity contribution is 5.75. The number of primary amides is 1. The van der Waals surface area contributed by atoms with Crippen molar-refractivity contribution in [1.29, 1.82) is 0 Å². The summed E-state index contributed by atoms with van der Waals surface area (Å²) in [6.45, 7) is 17.8. The third kappa shape index (κ3) is 18.3. The normalized spacial score (nSPS) is 19.0. The van der Waals surface area contributed by atoms with Gasteiger partial charge in [-0.25, -0.2) is 27.2 Å². The third-order valence-electron chi connectivity index (χ3n) is 15.2. The van der Waals surface area contributed by atoms with E-state index in [-0.39, 0.29) is 54.6 Å². The minimum atomic E-state index is -1.09. The molecule has 2 aliphatic rings. The molecule has 6 unspecified atom stereocenters. The van der Waals surface area contributed by atoms with E-state index in [1.807, 2.05) is 54.6 Å². The average molecular weight is 1120 g/mol. The number of likely N-dealkylation sites (tertiary alicyclic amines) is 2. The van der Waals surface area contributed by atoms with Crippen LogP contribution in [-0.4, -0.2) is 107 Å². The number of carbonyl (C=O) groups is 4. The van der Waals surface area contributed by atoms with E-state index in [0.29, 0.717) is 56.7 Å². The summed E-state index contributed by atoms with van der Waals surface area (Å²) in [5.74, 6) is -3.63. The molecule has 5 aromatic rings. The fraction of sp³-hybridized carbons (Fsp3) is 0.460. The van der Waals surface area contributed by atoms with Gasteiger partial charge in [-0.1, -0.05) is 120 Å². The van der Waals surface area contributed by atoms with Crippen LogP contribution in [0, 0.1) is 23.3 Å². The molecule has 0 spiro atoms. The van der Waals surface area contributed by atoms with Crippen molar-refractivity contribution in [1.82, 2.24) is 36.4 Å². The van der Waals surface area contributed by atoms with E-state index >= 15 is 0 Å². The Morgan fingerprint density at radius 1 is 0.568 bits per heavy atom. The monoisotopic (exact) mass is 1120 g/mol. The summed E-state index contributed by atoms with van der Waals surface area (Å²) in [4.78, 5) is 52.8. The van der Waals surface area contributed by atoms with Crippen LogP contribution in [0.2, 0.25) is 0 Å². The fourth-order valence-corrected chi connectivity index (χ4v) is 10.8. The minimum absolute atomic E-state index is 0.0387. The predicted octanol–water partition coefficient (Wildman–Crippen LogP) is 8.49. The second kappa shape index (κ2) is 27.7. The zero-order valence-electron chi connectivity index (χ0n) is 48.0. The number of halogens is 4. The van der Waals surface area contributed by atoms with Gasteiger partial charge in [0.05, 0.1) is 35.4 Å². The van der Waals surface area contributed by atoms with Crippen LogP contribution in [0.5, 0.6) is 0 Å². The lowest BCUT2D eigenvalue weighted by molar-refractivity contribution is -0.121. The fourth-order valence-electron chi connectivity index (χ4n) is 10.8. The Balaban J connectivity index is 0.000000265. The maximum atomic E-state index is 13.9. The first-order chi connectivity index (χ1) is 38.1. The van der Waals surface area contributed by atoms with Gasteiger partial charge in [-0.2, -0.15) is 0 Å². The molecule has 2 saturated heterocycles. The maximum absolute atomic E-state index is 13.9. The van der Waals surface area contributed by atoms with Crippen molar-refractivity contribution in [2.45, 2.75) is 147 Å². The Kier molecular flexibility index (Phi) is 21.7. The molecule has 5 aromatic carbocycles. The van der Waals surface area contributed by atoms with E-state index in [1.54, 1.807) is 9.80 Å². The molecule has 9 N–H and O–H groups in total. The molecule has 6 amide bonds. The third-order valence-corrected chi connectivity index (χ3v) is 15.2. The van der Waals surface area contributed by atoms with Crippen molar-refractivity contribution >= 4 is 23.9 Å². The highest BCUT2D eigenvalue weighted by Crippen LogP contribution is 2.37. The molecule has 2 heterocycles. The Bertz CT molecular complexity index is 2900. The summed E-state index contributed by atoms with van der Waals surface area (Å²) in [5.41, 5.74) is 9.98. The zero-order chi connectivity index (χ0) is 59.3. The highest BCUT2D eigenvalue weighted by Gasteiger charge is 2.41. The quantitative estimate of drug-likeness (QED) is 0.0399. The van der Waals surface area contributed by atoms with E-state index in [2.05, 4.69) is 92.4 Å². The van der Waals surface area contributed by atoms with Gasteiger partial charge in [0.25, 0.3) is 0 Å². The summed E-state index contributed by atoms with van der Waals surface area (Å²) < 4.78 is 55.3. The molecular formula is C63H82F4N8O6. The summed E-state index contributed by atoms with van der Waals surface area (Å²) in [5, 5.41) is 38.0. The number of urea groups is 2. The Morgan fingerprint density at radius 3 is 1.37 bits per heavy atom. The number of aliphatic hydroxyl groups is 2. The van der Waals surface area contributed by atoms with Gasteiger partial charge in [-0.15, -0.1) is 0 Å². The largest absolute Gasteiger partial charge is 0.390 e. The van der Waals surface area contributed by atoms with Crippen LogP contribution in [0.1, 0.15) is 120 Å². The number of rotatable bonds is 18. The molecular weight excluding hydrogens is 1040 g/mol. The number of aliphatic hydroxyl groups excluding tert-OH is 2. The molecule has 2 fully saturated rings. The van der Waals surface area contributed by atoms with Crippen LogP contribution in [0.4, 0.5) is 27.2 Å². The van der Waals surface area contributed by atoms with Crippen molar-refractivity contribution in [3.63, 3.8) is 0 Å². The van der Waals surface area contributed by atoms with Gasteiger partial charge in [0.15, 0.2) is 0 Å². The number of nitrogens with zero attached hydrogens (tertiary/aromatic N) is 2. The summed E-state index contributed by atoms with van der Waals surface area (Å²) in [6.07, 6.45) is 0.779. The van der Waals surface area contributed by atoms with Gasteiger partial charge in [0.1, 0.15) is 23.3 Å². The lowest BCUT2D eigenvalue weighted by Gasteiger charge is -2.45. The van der Waals surface area contributed by atoms with Crippen LogP contribution in [0.3, 0.4) is 0 Å². The standard InChI is InChI=1S/C35H44F2N4O3.C28H38F2N4O3/c1-24(42)40-31(18-26-16-29(36)20-30(37)17-26)32(43)22-39-35(28-13-8-12-27(19-28)34(2,3)4)14-9-15-41(23-35)33(44)38-21-25-10-6-5-7-11-25;1-18(35)33-24(13-19-11-22(29)15-23(30)12-19)25(36)16-32-28(9-6-10-34(17-28)26(31)37)21-8-5-7-20(14-21)27(2,3)4/h5-8,10-13,16-17,19-20,31-32,39,43H,9,14-15,18,21-23H2,1-4H3,(H,38,44)(H,40,42);5,7-8,11-12,14-15,24-25,32,36H,6,9-10,13,16-17H2,1-4H3,(H2,31,37)(H,33,35). The number of piperidine rings is 2. The van der Waals surface area contributed by atoms with Crippen molar-refractivity contribution in [3.8, 4) is 0 Å². The number of nitrogens with one attached hydrogen (secondary N) is 5. The second-order valence-corrected chi connectivity index (χ2v) is 23.8. The number of nitrogens with two attached hydrogens (primary N) is 1. The molecule has 14 nitrogen and oxygen atoms in total. The molecule has 0 bridgehead atoms. The number of carbonyl (C=O) groups excluding carboxylic acids is 4. The summed E-state index contributed by atoms with van der Waals surface area (Å²) >= 11 is 0. The predicted molar refractivity (Wildman–Crippen MR) is 307 cm³/mol. The van der Waals surface area contributed by atoms with E-state index in [9.17, 15) is 47.0 Å². The number of hydrogen-bond donors (Lipinski definition) is 8. The maximum Gasteiger partial charge on any atom is 0.317 e. The van der Waals surface area contributed by atoms with Gasteiger partial charge >= 0.3 is 12.1 Å². The van der Waals surface area contributed by atoms with E-state index in [1.165, 1.54) is 38.1 Å². The number of amides is 6. The van der Waals surface area contributed by atoms with Crippen LogP contribution in [0.15, 0.2) is 115 Å². The Hall–Kier alpha value is -6.86. The van der Waals surface area contributed by atoms with E-state index in [0.717, 1.165) is 52.8 Å². The summed E-state index contributed by atoms with van der Waals surface area (Å²) in [6, 6.07) is 30.3. The van der Waals surface area contributed by atoms with Crippen LogP contribution < -0.4 is 32.3 Å². The lowest BCUT2D eigenvalue weighted by atomic mass is 9.78. The van der Waals surface area contributed by atoms with Crippen molar-refractivity contribution in [3.05, 3.63) is 177 Å². The smallest absolute Gasteiger partial charge is 0.317 e. The first kappa shape index (κ1) is 63.3. The van der Waals surface area contributed by atoms with Gasteiger partial charge < -0.3 is 52.3 Å². The Labute approximate surface area is 474 Å². The molecule has 0 aliphatic carbocycles. The number of benzene rings is 5. The van der Waals surface area contributed by atoms with Gasteiger partial charge in [-0.3, -0.25) is 9.59 Å². The second-order valence-electron chi connectivity index (χ2n) is 23.8. The molecule has 0 aromatic heterocycles. The first-order valence-corrected chi connectivity index (χ1v) is 27.8. The molecule has 0 saturated carbocycles. The Morgan fingerprint density at radius 2 is 0.975 bits per heavy atom. The average Bonchev–Trinajstić information content (AvgIpc) is 3.42. The van der Waals surface area contributed by atoms with Crippen molar-refractivity contribution < 1.29 is 47.0 Å². The molecule has 438 valence electrons. The summed E-state index contributed by atoms with van der Waals surface area (Å²) in [7, 11) is 0. The van der Waals surface area contributed by atoms with Crippen LogP contribution in [0.25, 0.3) is 0 Å². The van der Waals surface area contributed by atoms with Crippen LogP contribution >= 0.6 is 0 Å². The van der Waals surface area contributed by atoms with E-state index < -0.39 is 64.7 Å². The van der Waals surface area contributed by atoms with Crippen molar-refractivity contribution in [2.24, 2.45) is 5.73 Å². The topological polar surface area (TPSA) is 201 Å². The zero-order valence-corrected chi connectivity index (χ0v) is 48.0. The molecule has 6 atom stereocenters. The first-order valence-electron chi connectivity index (χ1n) is 27.8. The minimum Gasteiger partial charge on any atom is -0.390 e. The van der Waals surface area contributed by atoms with Crippen molar-refractivity contribution in [2.75, 3.05) is 39.3 Å². The number of hydrogen-bond acceptors (Lipinski definition) is 8.